The Labute approximate surface area is 170 Å². The van der Waals surface area contributed by atoms with Crippen LogP contribution in [0.1, 0.15) is 23.2 Å². The summed E-state index contributed by atoms with van der Waals surface area (Å²) < 4.78 is 7.41. The highest BCUT2D eigenvalue weighted by molar-refractivity contribution is 8.00. The summed E-state index contributed by atoms with van der Waals surface area (Å²) in [6.45, 7) is 0.614. The van der Waals surface area contributed by atoms with Gasteiger partial charge in [-0.1, -0.05) is 17.8 Å². The SMILES string of the molecule is CSc1nc2ccc(NC(=O)c3cccc(NC(=O)[C@@H]4CCCO4)c3)cc2s1. The Morgan fingerprint density at radius 1 is 1.18 bits per heavy atom. The highest BCUT2D eigenvalue weighted by atomic mass is 32.2. The molecule has 0 unspecified atom stereocenters. The number of thiazole rings is 1. The first kappa shape index (κ1) is 18.9. The van der Waals surface area contributed by atoms with Crippen LogP contribution in [0.4, 0.5) is 11.4 Å². The number of benzene rings is 2. The lowest BCUT2D eigenvalue weighted by molar-refractivity contribution is -0.124. The summed E-state index contributed by atoms with van der Waals surface area (Å²) in [5, 5.41) is 5.73. The Bertz CT molecular complexity index is 1030. The lowest BCUT2D eigenvalue weighted by atomic mass is 10.1. The average molecular weight is 414 g/mol. The van der Waals surface area contributed by atoms with Gasteiger partial charge in [-0.15, -0.1) is 11.3 Å². The molecule has 8 heteroatoms. The first-order valence-electron chi connectivity index (χ1n) is 8.91. The fourth-order valence-electron chi connectivity index (χ4n) is 3.02. The maximum Gasteiger partial charge on any atom is 0.255 e. The summed E-state index contributed by atoms with van der Waals surface area (Å²) in [6, 6.07) is 12.6. The van der Waals surface area contributed by atoms with Gasteiger partial charge in [0.15, 0.2) is 4.34 Å². The molecule has 144 valence electrons. The third-order valence-electron chi connectivity index (χ3n) is 4.42. The van der Waals surface area contributed by atoms with E-state index in [4.69, 9.17) is 4.74 Å². The Kier molecular flexibility index (Phi) is 5.61. The lowest BCUT2D eigenvalue weighted by Crippen LogP contribution is -2.27. The topological polar surface area (TPSA) is 80.3 Å². The van der Waals surface area contributed by atoms with Gasteiger partial charge in [-0.25, -0.2) is 4.98 Å². The standard InChI is InChI=1S/C20H19N3O3S2/c1-27-20-23-15-8-7-14(11-17(15)28-20)21-18(24)12-4-2-5-13(10-12)22-19(25)16-6-3-9-26-16/h2,4-5,7-8,10-11,16H,3,6,9H2,1H3,(H,21,24)(H,22,25)/t16-/m0/s1. The van der Waals surface area contributed by atoms with E-state index in [0.29, 0.717) is 23.5 Å². The van der Waals surface area contributed by atoms with Crippen LogP contribution >= 0.6 is 23.1 Å². The molecule has 0 aliphatic carbocycles. The minimum Gasteiger partial charge on any atom is -0.368 e. The van der Waals surface area contributed by atoms with E-state index < -0.39 is 6.10 Å². The molecule has 1 atom stereocenters. The molecule has 2 amide bonds. The van der Waals surface area contributed by atoms with E-state index in [1.54, 1.807) is 47.4 Å². The average Bonchev–Trinajstić information content (AvgIpc) is 3.37. The monoisotopic (exact) mass is 413 g/mol. The van der Waals surface area contributed by atoms with E-state index in [-0.39, 0.29) is 11.8 Å². The second-order valence-electron chi connectivity index (χ2n) is 6.39. The number of anilines is 2. The molecule has 6 nitrogen and oxygen atoms in total. The highest BCUT2D eigenvalue weighted by Crippen LogP contribution is 2.30. The van der Waals surface area contributed by atoms with Crippen LogP contribution in [0.25, 0.3) is 10.2 Å². The van der Waals surface area contributed by atoms with E-state index in [0.717, 1.165) is 27.4 Å². The molecule has 2 N–H and O–H groups in total. The van der Waals surface area contributed by atoms with Crippen molar-refractivity contribution in [2.45, 2.75) is 23.3 Å². The van der Waals surface area contributed by atoms with Crippen LogP contribution in [0.2, 0.25) is 0 Å². The second-order valence-corrected chi connectivity index (χ2v) is 8.48. The van der Waals surface area contributed by atoms with Crippen LogP contribution in [0, 0.1) is 0 Å². The Hall–Kier alpha value is -2.42. The van der Waals surface area contributed by atoms with Crippen molar-refractivity contribution >= 4 is 56.5 Å². The number of aromatic nitrogens is 1. The Morgan fingerprint density at radius 2 is 2.04 bits per heavy atom. The molecular formula is C20H19N3O3S2. The van der Waals surface area contributed by atoms with Crippen molar-refractivity contribution in [3.63, 3.8) is 0 Å². The number of thioether (sulfide) groups is 1. The van der Waals surface area contributed by atoms with Crippen molar-refractivity contribution < 1.29 is 14.3 Å². The molecule has 2 heterocycles. The van der Waals surface area contributed by atoms with Crippen molar-refractivity contribution in [2.24, 2.45) is 0 Å². The minimum absolute atomic E-state index is 0.171. The fourth-order valence-corrected chi connectivity index (χ4v) is 4.55. The van der Waals surface area contributed by atoms with Crippen LogP contribution in [0.15, 0.2) is 46.8 Å². The number of nitrogens with one attached hydrogen (secondary N) is 2. The van der Waals surface area contributed by atoms with Gasteiger partial charge in [-0.05, 0) is 55.5 Å². The number of rotatable bonds is 5. The summed E-state index contributed by atoms with van der Waals surface area (Å²) in [5.74, 6) is -0.405. The predicted molar refractivity (Wildman–Crippen MR) is 113 cm³/mol. The lowest BCUT2D eigenvalue weighted by Gasteiger charge is -2.11. The fraction of sp³-hybridized carbons (Fsp3) is 0.250. The molecule has 4 rings (SSSR count). The molecule has 0 bridgehead atoms. The first-order valence-corrected chi connectivity index (χ1v) is 10.9. The van der Waals surface area contributed by atoms with Crippen LogP contribution in [0.3, 0.4) is 0 Å². The number of fused-ring (bicyclic) bond motifs is 1. The number of nitrogens with zero attached hydrogens (tertiary/aromatic N) is 1. The quantitative estimate of drug-likeness (QED) is 0.607. The number of amides is 2. The number of hydrogen-bond donors (Lipinski definition) is 2. The number of carbonyl (C=O) groups is 2. The zero-order chi connectivity index (χ0) is 19.5. The van der Waals surface area contributed by atoms with E-state index in [1.165, 1.54) is 0 Å². The number of hydrogen-bond acceptors (Lipinski definition) is 6. The highest BCUT2D eigenvalue weighted by Gasteiger charge is 2.23. The Balaban J connectivity index is 1.46. The zero-order valence-corrected chi connectivity index (χ0v) is 16.9. The minimum atomic E-state index is -0.408. The summed E-state index contributed by atoms with van der Waals surface area (Å²) >= 11 is 3.20. The van der Waals surface area contributed by atoms with Gasteiger partial charge in [-0.2, -0.15) is 0 Å². The number of carbonyl (C=O) groups excluding carboxylic acids is 2. The van der Waals surface area contributed by atoms with Gasteiger partial charge in [0.25, 0.3) is 11.8 Å². The smallest absolute Gasteiger partial charge is 0.255 e. The van der Waals surface area contributed by atoms with Crippen molar-refractivity contribution in [1.29, 1.82) is 0 Å². The van der Waals surface area contributed by atoms with Gasteiger partial charge in [0.05, 0.1) is 10.2 Å². The van der Waals surface area contributed by atoms with Crippen molar-refractivity contribution in [3.8, 4) is 0 Å². The molecule has 28 heavy (non-hydrogen) atoms. The molecule has 1 saturated heterocycles. The van der Waals surface area contributed by atoms with Crippen molar-refractivity contribution in [2.75, 3.05) is 23.5 Å². The van der Waals surface area contributed by atoms with E-state index >= 15 is 0 Å². The molecule has 0 saturated carbocycles. The molecule has 2 aromatic carbocycles. The summed E-state index contributed by atoms with van der Waals surface area (Å²) in [7, 11) is 0. The summed E-state index contributed by atoms with van der Waals surface area (Å²) in [4.78, 5) is 29.3. The zero-order valence-electron chi connectivity index (χ0n) is 15.2. The van der Waals surface area contributed by atoms with Gasteiger partial charge in [0.1, 0.15) is 6.10 Å². The third-order valence-corrected chi connectivity index (χ3v) is 6.42. The Morgan fingerprint density at radius 3 is 2.82 bits per heavy atom. The van der Waals surface area contributed by atoms with Crippen molar-refractivity contribution in [3.05, 3.63) is 48.0 Å². The normalized spacial score (nSPS) is 16.2. The molecular weight excluding hydrogens is 394 g/mol. The van der Waals surface area contributed by atoms with E-state index in [1.807, 2.05) is 24.5 Å². The predicted octanol–water partition coefficient (Wildman–Crippen LogP) is 4.39. The van der Waals surface area contributed by atoms with Crippen LogP contribution in [-0.2, 0) is 9.53 Å². The summed E-state index contributed by atoms with van der Waals surface area (Å²) in [5.41, 5.74) is 2.68. The molecule has 0 radical (unpaired) electrons. The molecule has 1 aromatic heterocycles. The number of ether oxygens (including phenoxy) is 1. The molecule has 0 spiro atoms. The molecule has 3 aromatic rings. The largest absolute Gasteiger partial charge is 0.368 e. The maximum atomic E-state index is 12.6. The molecule has 1 aliphatic rings. The van der Waals surface area contributed by atoms with E-state index in [2.05, 4.69) is 15.6 Å². The molecule has 1 aliphatic heterocycles. The van der Waals surface area contributed by atoms with Gasteiger partial charge in [0, 0.05) is 23.5 Å². The van der Waals surface area contributed by atoms with Gasteiger partial charge >= 0.3 is 0 Å². The first-order chi connectivity index (χ1) is 13.6. The van der Waals surface area contributed by atoms with Gasteiger partial charge in [-0.3, -0.25) is 9.59 Å². The second kappa shape index (κ2) is 8.30. The maximum absolute atomic E-state index is 12.6. The summed E-state index contributed by atoms with van der Waals surface area (Å²) in [6.07, 6.45) is 3.20. The van der Waals surface area contributed by atoms with Crippen molar-refractivity contribution in [1.82, 2.24) is 4.98 Å². The van der Waals surface area contributed by atoms with Gasteiger partial charge < -0.3 is 15.4 Å². The third kappa shape index (κ3) is 4.19. The van der Waals surface area contributed by atoms with Crippen LogP contribution < -0.4 is 10.6 Å². The van der Waals surface area contributed by atoms with E-state index in [9.17, 15) is 9.59 Å². The van der Waals surface area contributed by atoms with Crippen LogP contribution in [-0.4, -0.2) is 35.8 Å². The van der Waals surface area contributed by atoms with Crippen LogP contribution in [0.5, 0.6) is 0 Å². The molecule has 1 fully saturated rings. The van der Waals surface area contributed by atoms with Gasteiger partial charge in [0.2, 0.25) is 0 Å².